The van der Waals surface area contributed by atoms with Gasteiger partial charge in [0.05, 0.1) is 6.10 Å². The van der Waals surface area contributed by atoms with Gasteiger partial charge in [-0.15, -0.1) is 0 Å². The normalized spacial score (nSPS) is 42.7. The van der Waals surface area contributed by atoms with E-state index in [4.69, 9.17) is 9.47 Å². The molecule has 3 unspecified atom stereocenters. The highest BCUT2D eigenvalue weighted by molar-refractivity contribution is 5.66. The van der Waals surface area contributed by atoms with Gasteiger partial charge in [-0.05, 0) is 12.8 Å². The predicted molar refractivity (Wildman–Crippen MR) is 33.4 cm³/mol. The van der Waals surface area contributed by atoms with Gasteiger partial charge in [0, 0.05) is 6.92 Å². The van der Waals surface area contributed by atoms with Gasteiger partial charge in [-0.2, -0.15) is 0 Å². The minimum atomic E-state index is -0.193. The first-order valence-electron chi connectivity index (χ1n) is 3.60. The summed E-state index contributed by atoms with van der Waals surface area (Å²) in [4.78, 5) is 10.5. The summed E-state index contributed by atoms with van der Waals surface area (Å²) in [5.41, 5.74) is 0. The molecule has 1 heterocycles. The lowest BCUT2D eigenvalue weighted by Gasteiger charge is -2.09. The first kappa shape index (κ1) is 6.16. The molecule has 0 aromatic heterocycles. The zero-order valence-electron chi connectivity index (χ0n) is 5.87. The third kappa shape index (κ3) is 0.904. The van der Waals surface area contributed by atoms with Crippen molar-refractivity contribution in [1.82, 2.24) is 0 Å². The fourth-order valence-electron chi connectivity index (χ4n) is 1.55. The molecule has 1 aliphatic heterocycles. The lowest BCUT2D eigenvalue weighted by molar-refractivity contribution is -0.147. The molecule has 0 spiro atoms. The van der Waals surface area contributed by atoms with Gasteiger partial charge in [0.25, 0.3) is 0 Å². The average molecular weight is 142 g/mol. The minimum absolute atomic E-state index is 0.0579. The second-order valence-corrected chi connectivity index (χ2v) is 2.86. The fourth-order valence-corrected chi connectivity index (χ4v) is 1.55. The van der Waals surface area contributed by atoms with Gasteiger partial charge < -0.3 is 9.47 Å². The number of ether oxygens (including phenoxy) is 2. The van der Waals surface area contributed by atoms with Crippen molar-refractivity contribution in [3.8, 4) is 0 Å². The van der Waals surface area contributed by atoms with Crippen LogP contribution in [0.4, 0.5) is 0 Å². The molecule has 1 aliphatic carbocycles. The number of esters is 1. The van der Waals surface area contributed by atoms with Gasteiger partial charge >= 0.3 is 5.97 Å². The van der Waals surface area contributed by atoms with Crippen LogP contribution in [0.5, 0.6) is 0 Å². The molecule has 0 N–H and O–H groups in total. The molecule has 1 saturated carbocycles. The van der Waals surface area contributed by atoms with Crippen LogP contribution in [-0.2, 0) is 14.3 Å². The van der Waals surface area contributed by atoms with Crippen LogP contribution in [0.2, 0.25) is 0 Å². The highest BCUT2D eigenvalue weighted by Gasteiger charge is 2.51. The summed E-state index contributed by atoms with van der Waals surface area (Å²) in [6.45, 7) is 1.44. The number of hydrogen-bond donors (Lipinski definition) is 0. The Morgan fingerprint density at radius 1 is 1.60 bits per heavy atom. The number of hydrogen-bond acceptors (Lipinski definition) is 3. The maximum absolute atomic E-state index is 10.5. The van der Waals surface area contributed by atoms with E-state index in [1.165, 1.54) is 6.92 Å². The topological polar surface area (TPSA) is 38.8 Å². The third-order valence-electron chi connectivity index (χ3n) is 2.04. The summed E-state index contributed by atoms with van der Waals surface area (Å²) in [7, 11) is 0. The molecule has 0 bridgehead atoms. The maximum Gasteiger partial charge on any atom is 0.302 e. The molecule has 56 valence electrons. The number of fused-ring (bicyclic) bond motifs is 1. The lowest BCUT2D eigenvalue weighted by atomic mass is 10.3. The molecule has 0 amide bonds. The highest BCUT2D eigenvalue weighted by atomic mass is 16.6. The number of rotatable bonds is 1. The van der Waals surface area contributed by atoms with Gasteiger partial charge in [0.1, 0.15) is 12.2 Å². The van der Waals surface area contributed by atoms with E-state index in [1.807, 2.05) is 0 Å². The molecule has 3 heteroatoms. The van der Waals surface area contributed by atoms with E-state index in [0.29, 0.717) is 6.10 Å². The van der Waals surface area contributed by atoms with E-state index in [9.17, 15) is 4.79 Å². The lowest BCUT2D eigenvalue weighted by Crippen LogP contribution is -2.18. The number of epoxide rings is 1. The summed E-state index contributed by atoms with van der Waals surface area (Å²) >= 11 is 0. The SMILES string of the molecule is CC(=O)OC1CCC2OC12. The zero-order valence-corrected chi connectivity index (χ0v) is 5.87. The number of carbonyl (C=O) groups is 1. The van der Waals surface area contributed by atoms with E-state index in [-0.39, 0.29) is 18.2 Å². The van der Waals surface area contributed by atoms with Crippen LogP contribution < -0.4 is 0 Å². The standard InChI is InChI=1S/C7H10O3/c1-4(8)9-5-2-3-6-7(5)10-6/h5-7H,2-3H2,1H3. The smallest absolute Gasteiger partial charge is 0.302 e. The van der Waals surface area contributed by atoms with E-state index in [1.54, 1.807) is 0 Å². The van der Waals surface area contributed by atoms with Crippen molar-refractivity contribution < 1.29 is 14.3 Å². The van der Waals surface area contributed by atoms with Crippen molar-refractivity contribution >= 4 is 5.97 Å². The van der Waals surface area contributed by atoms with Gasteiger partial charge in [-0.1, -0.05) is 0 Å². The zero-order chi connectivity index (χ0) is 7.14. The van der Waals surface area contributed by atoms with Gasteiger partial charge in [-0.3, -0.25) is 4.79 Å². The van der Waals surface area contributed by atoms with Crippen LogP contribution in [0.1, 0.15) is 19.8 Å². The fraction of sp³-hybridized carbons (Fsp3) is 0.857. The van der Waals surface area contributed by atoms with Crippen molar-refractivity contribution in [3.05, 3.63) is 0 Å². The van der Waals surface area contributed by atoms with E-state index < -0.39 is 0 Å². The second kappa shape index (κ2) is 1.95. The molecule has 2 fully saturated rings. The van der Waals surface area contributed by atoms with Gasteiger partial charge in [-0.25, -0.2) is 0 Å². The van der Waals surface area contributed by atoms with E-state index in [2.05, 4.69) is 0 Å². The van der Waals surface area contributed by atoms with Crippen molar-refractivity contribution in [1.29, 1.82) is 0 Å². The Hall–Kier alpha value is -0.570. The first-order chi connectivity index (χ1) is 4.77. The van der Waals surface area contributed by atoms with E-state index in [0.717, 1.165) is 12.8 Å². The molecule has 3 atom stereocenters. The van der Waals surface area contributed by atoms with Crippen LogP contribution in [0, 0.1) is 0 Å². The Bertz CT molecular complexity index is 166. The minimum Gasteiger partial charge on any atom is -0.460 e. The molecule has 0 radical (unpaired) electrons. The van der Waals surface area contributed by atoms with Crippen LogP contribution in [0.3, 0.4) is 0 Å². The van der Waals surface area contributed by atoms with Gasteiger partial charge in [0.15, 0.2) is 0 Å². The average Bonchev–Trinajstić information content (AvgIpc) is 2.52. The molecule has 3 nitrogen and oxygen atoms in total. The summed E-state index contributed by atoms with van der Waals surface area (Å²) in [6.07, 6.45) is 2.74. The van der Waals surface area contributed by atoms with Crippen molar-refractivity contribution in [3.63, 3.8) is 0 Å². The van der Waals surface area contributed by atoms with Crippen molar-refractivity contribution in [2.45, 2.75) is 38.1 Å². The highest BCUT2D eigenvalue weighted by Crippen LogP contribution is 2.40. The Kier molecular flexibility index (Phi) is 1.20. The number of carbonyl (C=O) groups excluding carboxylic acids is 1. The maximum atomic E-state index is 10.5. The van der Waals surface area contributed by atoms with E-state index >= 15 is 0 Å². The van der Waals surface area contributed by atoms with Crippen LogP contribution >= 0.6 is 0 Å². The summed E-state index contributed by atoms with van der Waals surface area (Å²) < 4.78 is 10.2. The van der Waals surface area contributed by atoms with Gasteiger partial charge in [0.2, 0.25) is 0 Å². The molecule has 0 aromatic rings. The van der Waals surface area contributed by atoms with Crippen molar-refractivity contribution in [2.24, 2.45) is 0 Å². The quantitative estimate of drug-likeness (QED) is 0.395. The van der Waals surface area contributed by atoms with Crippen molar-refractivity contribution in [2.75, 3.05) is 0 Å². The molecule has 2 aliphatic rings. The second-order valence-electron chi connectivity index (χ2n) is 2.86. The van der Waals surface area contributed by atoms with Crippen LogP contribution in [0.25, 0.3) is 0 Å². The molecular formula is C7H10O3. The Balaban J connectivity index is 1.88. The first-order valence-corrected chi connectivity index (χ1v) is 3.60. The Morgan fingerprint density at radius 2 is 2.40 bits per heavy atom. The van der Waals surface area contributed by atoms with Crippen LogP contribution in [-0.4, -0.2) is 24.3 Å². The molecule has 2 rings (SSSR count). The molecule has 1 saturated heterocycles. The Labute approximate surface area is 59.3 Å². The van der Waals surface area contributed by atoms with Crippen LogP contribution in [0.15, 0.2) is 0 Å². The Morgan fingerprint density at radius 3 is 2.80 bits per heavy atom. The summed E-state index contributed by atoms with van der Waals surface area (Å²) in [6, 6.07) is 0. The summed E-state index contributed by atoms with van der Waals surface area (Å²) in [5, 5.41) is 0. The largest absolute Gasteiger partial charge is 0.460 e. The monoisotopic (exact) mass is 142 g/mol. The third-order valence-corrected chi connectivity index (χ3v) is 2.04. The molecule has 0 aromatic carbocycles. The predicted octanol–water partition coefficient (Wildman–Crippen LogP) is 0.479. The molecular weight excluding hydrogens is 132 g/mol. The summed E-state index contributed by atoms with van der Waals surface area (Å²) in [5.74, 6) is -0.193. The molecule has 10 heavy (non-hydrogen) atoms.